The minimum atomic E-state index is -1.30. The third-order valence-electron chi connectivity index (χ3n) is 1.45. The summed E-state index contributed by atoms with van der Waals surface area (Å²) < 4.78 is 0. The van der Waals surface area contributed by atoms with Gasteiger partial charge < -0.3 is 10.4 Å². The molecule has 0 aromatic carbocycles. The third-order valence-corrected chi connectivity index (χ3v) is 1.45. The minimum absolute atomic E-state index is 0.0291. The zero-order valence-electron chi connectivity index (χ0n) is 7.92. The lowest BCUT2D eigenvalue weighted by Crippen LogP contribution is -2.45. The van der Waals surface area contributed by atoms with Crippen molar-refractivity contribution in [2.75, 3.05) is 0 Å². The van der Waals surface area contributed by atoms with E-state index in [4.69, 9.17) is 0 Å². The van der Waals surface area contributed by atoms with Gasteiger partial charge in [-0.15, -0.1) is 6.58 Å². The fourth-order valence-electron chi connectivity index (χ4n) is 0.709. The first-order valence-electron chi connectivity index (χ1n) is 4.02. The van der Waals surface area contributed by atoms with Gasteiger partial charge in [-0.25, -0.2) is 0 Å². The second-order valence-corrected chi connectivity index (χ2v) is 3.46. The van der Waals surface area contributed by atoms with Gasteiger partial charge in [-0.1, -0.05) is 6.08 Å². The zero-order valence-corrected chi connectivity index (χ0v) is 7.92. The Morgan fingerprint density at radius 1 is 1.75 bits per heavy atom. The van der Waals surface area contributed by atoms with Crippen LogP contribution in [-0.4, -0.2) is 22.7 Å². The molecular weight excluding hydrogens is 154 g/mol. The quantitative estimate of drug-likeness (QED) is 0.616. The van der Waals surface area contributed by atoms with Gasteiger partial charge in [0.25, 0.3) is 5.91 Å². The first-order valence-corrected chi connectivity index (χ1v) is 4.02. The van der Waals surface area contributed by atoms with Crippen molar-refractivity contribution < 1.29 is 9.90 Å². The van der Waals surface area contributed by atoms with E-state index in [0.29, 0.717) is 6.42 Å². The molecule has 3 heteroatoms. The maximum absolute atomic E-state index is 11.2. The molecular formula is C9H17NO2. The van der Waals surface area contributed by atoms with Crippen molar-refractivity contribution in [2.24, 2.45) is 0 Å². The molecule has 0 rings (SSSR count). The van der Waals surface area contributed by atoms with E-state index in [1.165, 1.54) is 13.8 Å². The number of nitrogens with one attached hydrogen (secondary N) is 1. The van der Waals surface area contributed by atoms with Crippen LogP contribution in [0, 0.1) is 0 Å². The van der Waals surface area contributed by atoms with E-state index in [9.17, 15) is 9.90 Å². The predicted molar refractivity (Wildman–Crippen MR) is 48.7 cm³/mol. The number of aliphatic hydroxyl groups is 1. The van der Waals surface area contributed by atoms with E-state index >= 15 is 0 Å². The molecule has 3 nitrogen and oxygen atoms in total. The summed E-state index contributed by atoms with van der Waals surface area (Å²) in [5.74, 6) is -0.350. The van der Waals surface area contributed by atoms with E-state index in [0.717, 1.165) is 0 Å². The zero-order chi connectivity index (χ0) is 9.78. The molecule has 1 unspecified atom stereocenters. The number of rotatable bonds is 4. The highest BCUT2D eigenvalue weighted by Gasteiger charge is 2.24. The van der Waals surface area contributed by atoms with Gasteiger partial charge in [-0.3, -0.25) is 4.79 Å². The molecule has 0 aliphatic carbocycles. The molecule has 0 aromatic heterocycles. The van der Waals surface area contributed by atoms with Gasteiger partial charge in [0.2, 0.25) is 0 Å². The van der Waals surface area contributed by atoms with E-state index in [2.05, 4.69) is 11.9 Å². The van der Waals surface area contributed by atoms with E-state index < -0.39 is 5.60 Å². The molecule has 0 fully saturated rings. The molecule has 0 saturated heterocycles. The van der Waals surface area contributed by atoms with Crippen LogP contribution in [0.1, 0.15) is 27.2 Å². The van der Waals surface area contributed by atoms with Crippen LogP contribution in [0.25, 0.3) is 0 Å². The Morgan fingerprint density at radius 2 is 2.25 bits per heavy atom. The Hall–Kier alpha value is -0.830. The summed E-state index contributed by atoms with van der Waals surface area (Å²) >= 11 is 0. The average Bonchev–Trinajstić information content (AvgIpc) is 1.85. The molecule has 0 aliphatic rings. The van der Waals surface area contributed by atoms with Gasteiger partial charge in [0.1, 0.15) is 5.60 Å². The van der Waals surface area contributed by atoms with E-state index in [1.54, 1.807) is 6.08 Å². The highest BCUT2D eigenvalue weighted by Crippen LogP contribution is 2.02. The summed E-state index contributed by atoms with van der Waals surface area (Å²) in [6.45, 7) is 8.35. The van der Waals surface area contributed by atoms with Crippen LogP contribution >= 0.6 is 0 Å². The molecule has 0 saturated carbocycles. The molecule has 0 radical (unpaired) electrons. The molecule has 2 N–H and O–H groups in total. The summed E-state index contributed by atoms with van der Waals surface area (Å²) in [5, 5.41) is 11.9. The number of amides is 1. The standard InChI is InChI=1S/C9H17NO2/c1-5-6-7(2)10-8(11)9(3,4)12/h5,7,12H,1,6H2,2-4H3,(H,10,11). The maximum atomic E-state index is 11.2. The number of carbonyl (C=O) groups excluding carboxylic acids is 1. The van der Waals surface area contributed by atoms with Crippen LogP contribution in [0.4, 0.5) is 0 Å². The van der Waals surface area contributed by atoms with Crippen LogP contribution in [0.3, 0.4) is 0 Å². The first kappa shape index (κ1) is 11.2. The van der Waals surface area contributed by atoms with Crippen LogP contribution in [0.15, 0.2) is 12.7 Å². The van der Waals surface area contributed by atoms with Gasteiger partial charge in [0.05, 0.1) is 0 Å². The summed E-state index contributed by atoms with van der Waals surface area (Å²) in [6, 6.07) is 0.0291. The van der Waals surface area contributed by atoms with E-state index in [1.807, 2.05) is 6.92 Å². The largest absolute Gasteiger partial charge is 0.381 e. The van der Waals surface area contributed by atoms with Crippen molar-refractivity contribution in [1.29, 1.82) is 0 Å². The summed E-state index contributed by atoms with van der Waals surface area (Å²) in [5.41, 5.74) is -1.30. The first-order chi connectivity index (χ1) is 5.38. The monoisotopic (exact) mass is 171 g/mol. The third kappa shape index (κ3) is 4.13. The Kier molecular flexibility index (Phi) is 3.96. The molecule has 12 heavy (non-hydrogen) atoms. The van der Waals surface area contributed by atoms with Gasteiger partial charge >= 0.3 is 0 Å². The second-order valence-electron chi connectivity index (χ2n) is 3.46. The van der Waals surface area contributed by atoms with Crippen LogP contribution in [0.2, 0.25) is 0 Å². The minimum Gasteiger partial charge on any atom is -0.381 e. The Morgan fingerprint density at radius 3 is 2.58 bits per heavy atom. The number of hydrogen-bond acceptors (Lipinski definition) is 2. The molecule has 1 atom stereocenters. The molecule has 0 bridgehead atoms. The van der Waals surface area contributed by atoms with Gasteiger partial charge in [-0.05, 0) is 27.2 Å². The molecule has 0 aliphatic heterocycles. The number of carbonyl (C=O) groups is 1. The molecule has 1 amide bonds. The molecule has 0 spiro atoms. The highest BCUT2D eigenvalue weighted by molar-refractivity contribution is 5.84. The summed E-state index contributed by atoms with van der Waals surface area (Å²) in [4.78, 5) is 11.2. The molecule has 0 aromatic rings. The van der Waals surface area contributed by atoms with Crippen molar-refractivity contribution in [3.8, 4) is 0 Å². The Bertz CT molecular complexity index is 170. The van der Waals surface area contributed by atoms with Crippen LogP contribution in [-0.2, 0) is 4.79 Å². The Balaban J connectivity index is 3.92. The molecule has 70 valence electrons. The second kappa shape index (κ2) is 4.26. The topological polar surface area (TPSA) is 49.3 Å². The number of hydrogen-bond donors (Lipinski definition) is 2. The summed E-state index contributed by atoms with van der Waals surface area (Å²) in [6.07, 6.45) is 2.44. The Labute approximate surface area is 73.5 Å². The highest BCUT2D eigenvalue weighted by atomic mass is 16.3. The molecule has 0 heterocycles. The van der Waals surface area contributed by atoms with Gasteiger partial charge in [0, 0.05) is 6.04 Å². The smallest absolute Gasteiger partial charge is 0.251 e. The van der Waals surface area contributed by atoms with Crippen LogP contribution in [0.5, 0.6) is 0 Å². The van der Waals surface area contributed by atoms with Crippen molar-refractivity contribution in [3.05, 3.63) is 12.7 Å². The van der Waals surface area contributed by atoms with Crippen molar-refractivity contribution >= 4 is 5.91 Å². The van der Waals surface area contributed by atoms with Crippen molar-refractivity contribution in [1.82, 2.24) is 5.32 Å². The fourth-order valence-corrected chi connectivity index (χ4v) is 0.709. The van der Waals surface area contributed by atoms with Crippen molar-refractivity contribution in [2.45, 2.75) is 38.8 Å². The average molecular weight is 171 g/mol. The maximum Gasteiger partial charge on any atom is 0.251 e. The lowest BCUT2D eigenvalue weighted by atomic mass is 10.1. The van der Waals surface area contributed by atoms with Crippen molar-refractivity contribution in [3.63, 3.8) is 0 Å². The SMILES string of the molecule is C=CCC(C)NC(=O)C(C)(C)O. The summed E-state index contributed by atoms with van der Waals surface area (Å²) in [7, 11) is 0. The lowest BCUT2D eigenvalue weighted by molar-refractivity contribution is -0.137. The van der Waals surface area contributed by atoms with Gasteiger partial charge in [-0.2, -0.15) is 0 Å². The van der Waals surface area contributed by atoms with E-state index in [-0.39, 0.29) is 11.9 Å². The van der Waals surface area contributed by atoms with Gasteiger partial charge in [0.15, 0.2) is 0 Å². The lowest BCUT2D eigenvalue weighted by Gasteiger charge is -2.19. The van der Waals surface area contributed by atoms with Crippen LogP contribution < -0.4 is 5.32 Å². The normalized spacial score (nSPS) is 13.7. The fraction of sp³-hybridized carbons (Fsp3) is 0.667. The predicted octanol–water partition coefficient (Wildman–Crippen LogP) is 0.838.